The molecule has 0 amide bonds. The molecule has 0 saturated carbocycles. The molecule has 0 aliphatic heterocycles. The molecule has 0 radical (unpaired) electrons. The monoisotopic (exact) mass is 315 g/mol. The highest BCUT2D eigenvalue weighted by Gasteiger charge is 2.17. The van der Waals surface area contributed by atoms with E-state index in [1.54, 1.807) is 25.3 Å². The van der Waals surface area contributed by atoms with E-state index in [1.807, 2.05) is 6.92 Å². The first-order valence-corrected chi connectivity index (χ1v) is 7.49. The average molecular weight is 315 g/mol. The van der Waals surface area contributed by atoms with Gasteiger partial charge in [-0.05, 0) is 37.6 Å². The number of nitrogens with zero attached hydrogens (tertiary/aromatic N) is 3. The Morgan fingerprint density at radius 1 is 1.30 bits per heavy atom. The first-order chi connectivity index (χ1) is 11.2. The van der Waals surface area contributed by atoms with Crippen molar-refractivity contribution in [3.63, 3.8) is 0 Å². The SMILES string of the molecule is CCC(NCc1cn[nH]c1-c1ccc(F)cc1)c1nc(C)no1. The Labute approximate surface area is 133 Å². The summed E-state index contributed by atoms with van der Waals surface area (Å²) in [6.45, 7) is 4.43. The Kier molecular flexibility index (Phi) is 4.47. The van der Waals surface area contributed by atoms with Crippen LogP contribution >= 0.6 is 0 Å². The number of benzene rings is 1. The maximum atomic E-state index is 13.1. The first kappa shape index (κ1) is 15.4. The zero-order valence-corrected chi connectivity index (χ0v) is 13.0. The summed E-state index contributed by atoms with van der Waals surface area (Å²) in [6.07, 6.45) is 2.59. The quantitative estimate of drug-likeness (QED) is 0.730. The summed E-state index contributed by atoms with van der Waals surface area (Å²) < 4.78 is 18.3. The highest BCUT2D eigenvalue weighted by Crippen LogP contribution is 2.22. The topological polar surface area (TPSA) is 79.6 Å². The van der Waals surface area contributed by atoms with Crippen LogP contribution in [0.15, 0.2) is 35.0 Å². The molecule has 0 spiro atoms. The molecule has 120 valence electrons. The van der Waals surface area contributed by atoms with Crippen LogP contribution in [-0.2, 0) is 6.54 Å². The van der Waals surface area contributed by atoms with E-state index < -0.39 is 0 Å². The maximum absolute atomic E-state index is 13.1. The van der Waals surface area contributed by atoms with Crippen molar-refractivity contribution in [3.05, 3.63) is 53.6 Å². The molecule has 0 aliphatic rings. The number of hydrogen-bond donors (Lipinski definition) is 2. The lowest BCUT2D eigenvalue weighted by Crippen LogP contribution is -2.20. The second-order valence-corrected chi connectivity index (χ2v) is 5.30. The lowest BCUT2D eigenvalue weighted by molar-refractivity contribution is 0.323. The van der Waals surface area contributed by atoms with Crippen LogP contribution in [-0.4, -0.2) is 20.3 Å². The maximum Gasteiger partial charge on any atom is 0.243 e. The van der Waals surface area contributed by atoms with Crippen molar-refractivity contribution >= 4 is 0 Å². The molecule has 7 heteroatoms. The van der Waals surface area contributed by atoms with E-state index in [2.05, 4.69) is 25.7 Å². The van der Waals surface area contributed by atoms with E-state index in [-0.39, 0.29) is 11.9 Å². The number of halogens is 1. The fourth-order valence-electron chi connectivity index (χ4n) is 2.41. The van der Waals surface area contributed by atoms with Crippen LogP contribution in [0.4, 0.5) is 4.39 Å². The smallest absolute Gasteiger partial charge is 0.243 e. The summed E-state index contributed by atoms with van der Waals surface area (Å²) in [5.41, 5.74) is 2.75. The minimum Gasteiger partial charge on any atom is -0.338 e. The second kappa shape index (κ2) is 6.70. The van der Waals surface area contributed by atoms with Gasteiger partial charge in [0.05, 0.1) is 17.9 Å². The minimum absolute atomic E-state index is 0.0211. The molecule has 6 nitrogen and oxygen atoms in total. The largest absolute Gasteiger partial charge is 0.338 e. The first-order valence-electron chi connectivity index (χ1n) is 7.49. The number of rotatable bonds is 6. The molecular formula is C16H18FN5O. The Morgan fingerprint density at radius 2 is 2.09 bits per heavy atom. The summed E-state index contributed by atoms with van der Waals surface area (Å²) in [5.74, 6) is 0.943. The van der Waals surface area contributed by atoms with E-state index in [9.17, 15) is 4.39 Å². The van der Waals surface area contributed by atoms with Gasteiger partial charge in [-0.25, -0.2) is 4.39 Å². The number of hydrogen-bond acceptors (Lipinski definition) is 5. The van der Waals surface area contributed by atoms with Crippen molar-refractivity contribution in [3.8, 4) is 11.3 Å². The summed E-state index contributed by atoms with van der Waals surface area (Å²) >= 11 is 0. The van der Waals surface area contributed by atoms with Gasteiger partial charge in [0.25, 0.3) is 0 Å². The van der Waals surface area contributed by atoms with Crippen LogP contribution in [0.25, 0.3) is 11.3 Å². The van der Waals surface area contributed by atoms with Gasteiger partial charge in [-0.2, -0.15) is 10.1 Å². The molecule has 1 atom stereocenters. The van der Waals surface area contributed by atoms with Gasteiger partial charge < -0.3 is 9.84 Å². The van der Waals surface area contributed by atoms with Crippen LogP contribution in [0, 0.1) is 12.7 Å². The van der Waals surface area contributed by atoms with E-state index in [0.29, 0.717) is 18.3 Å². The summed E-state index contributed by atoms with van der Waals surface area (Å²) in [5, 5.41) is 14.3. The highest BCUT2D eigenvalue weighted by molar-refractivity contribution is 5.62. The molecule has 0 fully saturated rings. The zero-order valence-electron chi connectivity index (χ0n) is 13.0. The Bertz CT molecular complexity index is 765. The van der Waals surface area contributed by atoms with Gasteiger partial charge in [0, 0.05) is 17.7 Å². The molecule has 2 N–H and O–H groups in total. The van der Waals surface area contributed by atoms with Crippen LogP contribution in [0.1, 0.15) is 36.7 Å². The highest BCUT2D eigenvalue weighted by atomic mass is 19.1. The van der Waals surface area contributed by atoms with Crippen molar-refractivity contribution in [1.29, 1.82) is 0 Å². The van der Waals surface area contributed by atoms with Crippen molar-refractivity contribution in [2.75, 3.05) is 0 Å². The summed E-state index contributed by atoms with van der Waals surface area (Å²) in [4.78, 5) is 4.27. The number of nitrogens with one attached hydrogen (secondary N) is 2. The molecule has 0 saturated heterocycles. The van der Waals surface area contributed by atoms with Gasteiger partial charge in [-0.1, -0.05) is 12.1 Å². The molecule has 1 unspecified atom stereocenters. The van der Waals surface area contributed by atoms with E-state index in [0.717, 1.165) is 23.2 Å². The third-order valence-corrected chi connectivity index (χ3v) is 3.64. The normalized spacial score (nSPS) is 12.5. The van der Waals surface area contributed by atoms with Gasteiger partial charge in [0.1, 0.15) is 5.82 Å². The lowest BCUT2D eigenvalue weighted by Gasteiger charge is -2.12. The zero-order chi connectivity index (χ0) is 16.2. The van der Waals surface area contributed by atoms with Gasteiger partial charge in [0.2, 0.25) is 5.89 Å². The predicted molar refractivity (Wildman–Crippen MR) is 82.9 cm³/mol. The molecule has 3 rings (SSSR count). The van der Waals surface area contributed by atoms with Crippen LogP contribution in [0.3, 0.4) is 0 Å². The molecule has 2 heterocycles. The molecule has 1 aromatic carbocycles. The number of aryl methyl sites for hydroxylation is 1. The van der Waals surface area contributed by atoms with Gasteiger partial charge in [-0.3, -0.25) is 5.10 Å². The number of H-pyrrole nitrogens is 1. The molecule has 0 aliphatic carbocycles. The standard InChI is InChI=1S/C16H18FN5O/c1-3-14(16-20-10(2)22-23-16)18-8-12-9-19-21-15(12)11-4-6-13(17)7-5-11/h4-7,9,14,18H,3,8H2,1-2H3,(H,19,21). The van der Waals surface area contributed by atoms with E-state index >= 15 is 0 Å². The van der Waals surface area contributed by atoms with E-state index in [1.165, 1.54) is 12.1 Å². The Hall–Kier alpha value is -2.54. The molecule has 23 heavy (non-hydrogen) atoms. The Balaban J connectivity index is 1.73. The average Bonchev–Trinajstić information content (AvgIpc) is 3.18. The van der Waals surface area contributed by atoms with Gasteiger partial charge in [0.15, 0.2) is 5.82 Å². The lowest BCUT2D eigenvalue weighted by atomic mass is 10.1. The summed E-state index contributed by atoms with van der Waals surface area (Å²) in [7, 11) is 0. The fraction of sp³-hybridized carbons (Fsp3) is 0.312. The number of aromatic nitrogens is 4. The van der Waals surface area contributed by atoms with E-state index in [4.69, 9.17) is 4.52 Å². The second-order valence-electron chi connectivity index (χ2n) is 5.30. The summed E-state index contributed by atoms with van der Waals surface area (Å²) in [6, 6.07) is 6.30. The van der Waals surface area contributed by atoms with Gasteiger partial charge >= 0.3 is 0 Å². The van der Waals surface area contributed by atoms with Crippen LogP contribution in [0.2, 0.25) is 0 Å². The predicted octanol–water partition coefficient (Wildman–Crippen LogP) is 3.15. The fourth-order valence-corrected chi connectivity index (χ4v) is 2.41. The minimum atomic E-state index is -0.259. The third kappa shape index (κ3) is 3.45. The molecule has 2 aromatic heterocycles. The molecule has 3 aromatic rings. The Morgan fingerprint density at radius 3 is 2.74 bits per heavy atom. The third-order valence-electron chi connectivity index (χ3n) is 3.64. The molecule has 0 bridgehead atoms. The van der Waals surface area contributed by atoms with Gasteiger partial charge in [-0.15, -0.1) is 0 Å². The van der Waals surface area contributed by atoms with Crippen molar-refractivity contribution in [1.82, 2.24) is 25.7 Å². The van der Waals surface area contributed by atoms with Crippen molar-refractivity contribution in [2.45, 2.75) is 32.9 Å². The molecular weight excluding hydrogens is 297 g/mol. The van der Waals surface area contributed by atoms with Crippen molar-refractivity contribution in [2.24, 2.45) is 0 Å². The van der Waals surface area contributed by atoms with Crippen LogP contribution in [0.5, 0.6) is 0 Å². The number of aromatic amines is 1. The van der Waals surface area contributed by atoms with Crippen molar-refractivity contribution < 1.29 is 8.91 Å². The van der Waals surface area contributed by atoms with Crippen LogP contribution < -0.4 is 5.32 Å².